The van der Waals surface area contributed by atoms with Crippen LogP contribution >= 0.6 is 151 Å². The van der Waals surface area contributed by atoms with Gasteiger partial charge in [0.25, 0.3) is 0 Å². The third-order valence-electron chi connectivity index (χ3n) is 8.22. The molecule has 0 fully saturated rings. The van der Waals surface area contributed by atoms with Gasteiger partial charge in [-0.2, -0.15) is 49.0 Å². The van der Waals surface area contributed by atoms with Crippen molar-refractivity contribution in [2.24, 2.45) is 0 Å². The van der Waals surface area contributed by atoms with E-state index in [1.807, 2.05) is 24.3 Å². The molecule has 0 amide bonds. The molecule has 0 bridgehead atoms. The molecule has 0 saturated heterocycles. The number of carbonyl (C=O) groups is 3. The van der Waals surface area contributed by atoms with E-state index in [0.29, 0.717) is 36.1 Å². The van der Waals surface area contributed by atoms with Crippen molar-refractivity contribution in [3.05, 3.63) is 200 Å². The van der Waals surface area contributed by atoms with Crippen molar-refractivity contribution in [2.45, 2.75) is 30.0 Å². The second kappa shape index (κ2) is 37.9. The van der Waals surface area contributed by atoms with Crippen LogP contribution < -0.4 is 24.8 Å². The molecule has 8 heterocycles. The summed E-state index contributed by atoms with van der Waals surface area (Å²) < 4.78 is 123. The van der Waals surface area contributed by atoms with E-state index in [-0.39, 0.29) is 90.5 Å². The van der Waals surface area contributed by atoms with Gasteiger partial charge in [0.15, 0.2) is 29.7 Å². The number of thiophene rings is 3. The van der Waals surface area contributed by atoms with E-state index in [0.717, 1.165) is 66.4 Å². The fourth-order valence-electron chi connectivity index (χ4n) is 4.84. The average Bonchev–Trinajstić information content (AvgIpc) is 4.28. The van der Waals surface area contributed by atoms with Crippen LogP contribution in [0.4, 0.5) is 39.5 Å². The number of ether oxygens (including phenoxy) is 2. The number of thioether (sulfide) groups is 6. The molecule has 0 spiro atoms. The fraction of sp³-hybridized carbons (Fsp3) is 0.196. The Morgan fingerprint density at radius 1 is 0.519 bits per heavy atom. The van der Waals surface area contributed by atoms with Crippen molar-refractivity contribution in [2.75, 3.05) is 23.9 Å². The standard InChI is InChI=1S/C20H16N2O4S6.3C8H5F3O2S.2CH2Cl2.Yb/c23-21-7-3-1-5-13(21)11-27-17-18(28-12-14-6-2-4-8-22(14)24)32-20(31-17)19-29-15-16(30-19)26-10-9-25-15;3*9-8(10,11)7(13)4-5(12)6-2-1-3-14-6;2*2-1-3;/h1-8H,9-12H2;3*1-4,13H;2*1H2;/q;;;;;;+3/p-3/b;3*7-4-;;;. The predicted octanol–water partition coefficient (Wildman–Crippen LogP) is 13.6. The molecule has 0 saturated carbocycles. The van der Waals surface area contributed by atoms with Crippen LogP contribution in [0.15, 0.2) is 164 Å². The maximum Gasteiger partial charge on any atom is 3.00 e. The molecule has 0 aromatic carbocycles. The van der Waals surface area contributed by atoms with E-state index in [4.69, 9.17) is 55.9 Å². The molecule has 3 aliphatic heterocycles. The zero-order valence-corrected chi connectivity index (χ0v) is 51.7. The van der Waals surface area contributed by atoms with E-state index in [1.54, 1.807) is 98.8 Å². The fourth-order valence-corrected chi connectivity index (χ4v) is 15.1. The number of aromatic nitrogens is 2. The Morgan fingerprint density at radius 3 is 1.07 bits per heavy atom. The van der Waals surface area contributed by atoms with Crippen LogP contribution in [-0.2, 0) is 21.0 Å². The number of allylic oxidation sites excluding steroid dienone is 6. The number of alkyl halides is 13. The molecule has 0 unspecified atom stereocenters. The van der Waals surface area contributed by atoms with E-state index < -0.39 is 53.2 Å². The monoisotopic (exact) mass is 1540 g/mol. The van der Waals surface area contributed by atoms with Gasteiger partial charge in [-0.15, -0.1) is 104 Å². The van der Waals surface area contributed by atoms with E-state index in [1.165, 1.54) is 53.0 Å². The topological polar surface area (TPSA) is 193 Å². The largest absolute Gasteiger partial charge is 3.00 e. The van der Waals surface area contributed by atoms with Gasteiger partial charge in [-0.3, -0.25) is 14.4 Å². The Labute approximate surface area is 551 Å². The number of rotatable bonds is 12. The number of nitrogens with zero attached hydrogens (tertiary/aromatic N) is 2. The summed E-state index contributed by atoms with van der Waals surface area (Å²) >= 11 is 32.0. The third-order valence-corrected chi connectivity index (χ3v) is 19.4. The van der Waals surface area contributed by atoms with Crippen LogP contribution in [0.1, 0.15) is 40.4 Å². The second-order valence-corrected chi connectivity index (χ2v) is 25.2. The zero-order chi connectivity index (χ0) is 59.6. The average molecular weight is 1550 g/mol. The van der Waals surface area contributed by atoms with Gasteiger partial charge in [-0.1, -0.05) is 41.7 Å². The number of hydrogen-bond donors (Lipinski definition) is 0. The van der Waals surface area contributed by atoms with Crippen LogP contribution in [0.2, 0.25) is 0 Å². The first-order chi connectivity index (χ1) is 37.7. The molecule has 81 heavy (non-hydrogen) atoms. The van der Waals surface area contributed by atoms with Crippen molar-refractivity contribution < 1.29 is 135 Å². The Morgan fingerprint density at radius 2 is 0.815 bits per heavy atom. The minimum Gasteiger partial charge on any atom is -0.869 e. The molecule has 12 nitrogen and oxygen atoms in total. The molecule has 445 valence electrons. The molecular weight excluding hydrogens is 1510 g/mol. The summed E-state index contributed by atoms with van der Waals surface area (Å²) in [6, 6.07) is 19.5. The van der Waals surface area contributed by atoms with Crippen molar-refractivity contribution in [3.63, 3.8) is 0 Å². The zero-order valence-electron chi connectivity index (χ0n) is 39.6. The van der Waals surface area contributed by atoms with E-state index in [9.17, 15) is 79.6 Å². The molecule has 0 atom stereocenters. The molecule has 1 radical (unpaired) electrons. The summed E-state index contributed by atoms with van der Waals surface area (Å²) in [5.74, 6) is -7.98. The SMILES string of the molecule is ClCCl.ClCCl.O=C(/C=C(\[O-])C(F)(F)F)c1cccs1.O=C(/C=C(\[O-])C(F)(F)F)c1cccs1.O=C(/C=C(\[O-])C(F)(F)F)c1cccs1.[O-][n+]1ccccc1CSC1=C(SCc2cccc[n+]2[O-])SC(=C2SC3=C(OCCO3)S2)S1.[Yb+3]. The molecule has 8 rings (SSSR count). The van der Waals surface area contributed by atoms with Gasteiger partial charge in [0.1, 0.15) is 13.2 Å². The van der Waals surface area contributed by atoms with Crippen LogP contribution in [0.25, 0.3) is 0 Å². The molecule has 3 aliphatic rings. The van der Waals surface area contributed by atoms with E-state index in [2.05, 4.69) is 0 Å². The van der Waals surface area contributed by atoms with Crippen LogP contribution in [0.5, 0.6) is 0 Å². The maximum atomic E-state index is 12.1. The third kappa shape index (κ3) is 27.2. The smallest absolute Gasteiger partial charge is 0.869 e. The number of ketones is 3. The summed E-state index contributed by atoms with van der Waals surface area (Å²) in [7, 11) is 0. The van der Waals surface area contributed by atoms with Crippen LogP contribution in [-0.4, -0.2) is 59.8 Å². The summed E-state index contributed by atoms with van der Waals surface area (Å²) in [6.45, 7) is 1.16. The van der Waals surface area contributed by atoms with Crippen molar-refractivity contribution in [1.29, 1.82) is 0 Å². The summed E-state index contributed by atoms with van der Waals surface area (Å²) in [5, 5.41) is 61.9. The first-order valence-electron chi connectivity index (χ1n) is 20.9. The first kappa shape index (κ1) is 74.7. The first-order valence-corrected chi connectivity index (χ1v) is 30.9. The van der Waals surface area contributed by atoms with Gasteiger partial charge in [0.2, 0.25) is 21.6 Å². The van der Waals surface area contributed by atoms with Crippen molar-refractivity contribution >= 4 is 168 Å². The Kier molecular flexibility index (Phi) is 35.0. The number of halogens is 13. The van der Waals surface area contributed by atoms with Crippen molar-refractivity contribution in [3.8, 4) is 0 Å². The Balaban J connectivity index is 0.000000386. The van der Waals surface area contributed by atoms with Gasteiger partial charge < -0.3 is 35.2 Å². The van der Waals surface area contributed by atoms with Crippen LogP contribution in [0, 0.1) is 57.3 Å². The van der Waals surface area contributed by atoms with Crippen LogP contribution in [0.3, 0.4) is 0 Å². The van der Waals surface area contributed by atoms with Gasteiger partial charge in [-0.05, 0) is 106 Å². The minimum absolute atomic E-state index is 0. The van der Waals surface area contributed by atoms with Gasteiger partial charge in [-0.25, -0.2) is 0 Å². The Bertz CT molecular complexity index is 2750. The van der Waals surface area contributed by atoms with Crippen molar-refractivity contribution in [1.82, 2.24) is 0 Å². The summed E-state index contributed by atoms with van der Waals surface area (Å²) in [5.41, 5.74) is 1.43. The Hall–Kier alpha value is -2.40. The number of carbonyl (C=O) groups excluding carboxylic acids is 3. The minimum atomic E-state index is -4.98. The van der Waals surface area contributed by atoms with Gasteiger partial charge in [0, 0.05) is 24.3 Å². The number of pyridine rings is 2. The molecule has 5 aromatic rings. The van der Waals surface area contributed by atoms with E-state index >= 15 is 0 Å². The maximum absolute atomic E-state index is 12.1. The summed E-state index contributed by atoms with van der Waals surface area (Å²) in [4.78, 5) is 33.3. The second-order valence-electron chi connectivity index (χ2n) is 13.7. The normalized spacial score (nSPS) is 14.3. The molecule has 35 heteroatoms. The predicted molar refractivity (Wildman–Crippen MR) is 298 cm³/mol. The molecular formula is C46H32Cl4F9N2O10S9Yb. The summed E-state index contributed by atoms with van der Waals surface area (Å²) in [6.07, 6.45) is -11.7. The van der Waals surface area contributed by atoms with Gasteiger partial charge in [0.05, 0.1) is 53.8 Å². The number of hydrogen-bond acceptors (Lipinski definition) is 19. The molecule has 5 aromatic heterocycles. The molecule has 0 aliphatic carbocycles. The van der Waals surface area contributed by atoms with Gasteiger partial charge >= 0.3 is 65.5 Å². The molecule has 0 N–H and O–H groups in total. The quantitative estimate of drug-likeness (QED) is 0.0218.